The molecule has 52 heavy (non-hydrogen) atoms. The molecule has 3 fully saturated rings. The van der Waals surface area contributed by atoms with Gasteiger partial charge >= 0.3 is 12.1 Å². The van der Waals surface area contributed by atoms with Gasteiger partial charge < -0.3 is 30.2 Å². The highest BCUT2D eigenvalue weighted by atomic mass is 19.4. The van der Waals surface area contributed by atoms with Gasteiger partial charge in [0, 0.05) is 56.5 Å². The van der Waals surface area contributed by atoms with Gasteiger partial charge in [-0.3, -0.25) is 19.3 Å². The topological polar surface area (TPSA) is 153 Å². The molecule has 0 bridgehead atoms. The number of aromatic nitrogens is 2. The fraction of sp³-hybridized carbons (Fsp3) is 0.500. The molecule has 0 radical (unpaired) electrons. The number of nitrogens with one attached hydrogen (secondary N) is 2. The predicted molar refractivity (Wildman–Crippen MR) is 185 cm³/mol. The van der Waals surface area contributed by atoms with E-state index in [2.05, 4.69) is 25.7 Å². The van der Waals surface area contributed by atoms with Crippen LogP contribution in [0.5, 0.6) is 5.88 Å². The van der Waals surface area contributed by atoms with Gasteiger partial charge in [0.05, 0.1) is 26.4 Å². The van der Waals surface area contributed by atoms with Gasteiger partial charge in [-0.1, -0.05) is 36.4 Å². The average molecular weight is 728 g/mol. The van der Waals surface area contributed by atoms with Crippen molar-refractivity contribution in [1.29, 1.82) is 0 Å². The molecule has 3 aliphatic rings. The second-order valence-electron chi connectivity index (χ2n) is 13.3. The van der Waals surface area contributed by atoms with E-state index >= 15 is 0 Å². The number of halogens is 3. The minimum atomic E-state index is -4.76. The fourth-order valence-electron chi connectivity index (χ4n) is 6.85. The van der Waals surface area contributed by atoms with Crippen LogP contribution in [0.4, 0.5) is 24.9 Å². The number of hydrogen-bond acceptors (Lipinski definition) is 12. The van der Waals surface area contributed by atoms with E-state index in [1.165, 1.54) is 18.2 Å². The number of nitrogen functional groups attached to an aromatic ring is 1. The fourth-order valence-corrected chi connectivity index (χ4v) is 6.85. The molecule has 13 nitrogen and oxygen atoms in total. The van der Waals surface area contributed by atoms with Crippen molar-refractivity contribution in [3.05, 3.63) is 65.7 Å². The average Bonchev–Trinajstić information content (AvgIpc) is 3.56. The van der Waals surface area contributed by atoms with Crippen LogP contribution in [0, 0.1) is 5.41 Å². The summed E-state index contributed by atoms with van der Waals surface area (Å²) in [5.41, 5.74) is 9.94. The van der Waals surface area contributed by atoms with Crippen LogP contribution in [0.2, 0.25) is 0 Å². The first-order chi connectivity index (χ1) is 25.0. The molecule has 2 atom stereocenters. The van der Waals surface area contributed by atoms with Crippen LogP contribution >= 0.6 is 0 Å². The smallest absolute Gasteiger partial charge is 0.429 e. The van der Waals surface area contributed by atoms with Crippen molar-refractivity contribution >= 4 is 23.6 Å². The second kappa shape index (κ2) is 16.4. The lowest BCUT2D eigenvalue weighted by Crippen LogP contribution is -2.41. The molecular weight excluding hydrogens is 683 g/mol. The first-order valence-corrected chi connectivity index (χ1v) is 17.5. The van der Waals surface area contributed by atoms with Gasteiger partial charge in [-0.05, 0) is 54.9 Å². The summed E-state index contributed by atoms with van der Waals surface area (Å²) >= 11 is 0. The lowest BCUT2D eigenvalue weighted by Gasteiger charge is -2.39. The third-order valence-corrected chi connectivity index (χ3v) is 9.79. The number of carbonyl (C=O) groups is 2. The molecular formula is C36H44F3N7O6. The molecule has 0 saturated carbocycles. The highest BCUT2D eigenvalue weighted by molar-refractivity contribution is 5.94. The van der Waals surface area contributed by atoms with Crippen LogP contribution in [0.15, 0.2) is 54.6 Å². The lowest BCUT2D eigenvalue weighted by molar-refractivity contribution is -0.198. The standard InChI is InChI=1S/C36H44F3N7O6/c1-2-50-33(48)28-22-35(23-41-28)11-13-46(14-12-35)29-21-30(43-34(40)42-29)52-31(36(37,38)39)26-7-3-24(4-8-26)25-5-9-27(10-6-25)32(47)44-51-20-17-45-15-18-49-19-16-45/h3-10,21,28,31,41H,2,11-20,22-23H2,1H3,(H,44,47)(H2,40,42,43)/t28-,31+/m0/s1. The maximum atomic E-state index is 14.4. The van der Waals surface area contributed by atoms with Gasteiger partial charge in [0.15, 0.2) is 0 Å². The van der Waals surface area contributed by atoms with Crippen molar-refractivity contribution in [2.75, 3.05) is 76.3 Å². The summed E-state index contributed by atoms with van der Waals surface area (Å²) < 4.78 is 59.2. The van der Waals surface area contributed by atoms with Crippen molar-refractivity contribution in [3.8, 4) is 17.0 Å². The minimum absolute atomic E-state index is 0.0752. The van der Waals surface area contributed by atoms with E-state index in [-0.39, 0.29) is 34.8 Å². The highest BCUT2D eigenvalue weighted by Gasteiger charge is 2.45. The summed E-state index contributed by atoms with van der Waals surface area (Å²) in [6, 6.07) is 13.5. The Morgan fingerprint density at radius 3 is 2.37 bits per heavy atom. The maximum absolute atomic E-state index is 14.4. The van der Waals surface area contributed by atoms with Crippen LogP contribution in [-0.4, -0.2) is 105 Å². The Morgan fingerprint density at radius 1 is 1.04 bits per heavy atom. The van der Waals surface area contributed by atoms with Crippen molar-refractivity contribution in [1.82, 2.24) is 25.7 Å². The Bertz CT molecular complexity index is 1660. The monoisotopic (exact) mass is 727 g/mol. The molecule has 4 N–H and O–H groups in total. The number of esters is 1. The van der Waals surface area contributed by atoms with Crippen molar-refractivity contribution in [2.24, 2.45) is 5.41 Å². The summed E-state index contributed by atoms with van der Waals surface area (Å²) in [6.07, 6.45) is -4.89. The number of amides is 1. The van der Waals surface area contributed by atoms with Crippen LogP contribution < -0.4 is 26.2 Å². The number of carbonyl (C=O) groups excluding carboxylic acids is 2. The summed E-state index contributed by atoms with van der Waals surface area (Å²) in [5.74, 6) is -0.776. The first kappa shape index (κ1) is 37.3. The Morgan fingerprint density at radius 2 is 1.71 bits per heavy atom. The zero-order valence-electron chi connectivity index (χ0n) is 29.0. The SMILES string of the molecule is CCOC(=O)[C@@H]1CC2(CCN(c3cc(O[C@H](c4ccc(-c5ccc(C(=O)NOCCN6CCOCC6)cc5)cc4)C(F)(F)F)nc(N)n3)CC2)CN1. The number of anilines is 2. The summed E-state index contributed by atoms with van der Waals surface area (Å²) in [6.45, 7) is 7.95. The van der Waals surface area contributed by atoms with Gasteiger partial charge in [0.1, 0.15) is 11.9 Å². The van der Waals surface area contributed by atoms with Crippen LogP contribution in [0.1, 0.15) is 48.2 Å². The number of ether oxygens (including phenoxy) is 3. The van der Waals surface area contributed by atoms with E-state index in [1.807, 2.05) is 4.90 Å². The summed E-state index contributed by atoms with van der Waals surface area (Å²) in [5, 5.41) is 3.27. The number of alkyl halides is 3. The van der Waals surface area contributed by atoms with Gasteiger partial charge in [0.25, 0.3) is 5.91 Å². The van der Waals surface area contributed by atoms with Gasteiger partial charge in [-0.2, -0.15) is 23.1 Å². The lowest BCUT2D eigenvalue weighted by atomic mass is 9.76. The van der Waals surface area contributed by atoms with Gasteiger partial charge in [-0.15, -0.1) is 0 Å². The van der Waals surface area contributed by atoms with Crippen LogP contribution in [-0.2, 0) is 19.1 Å². The number of hydrogen-bond donors (Lipinski definition) is 3. The molecule has 3 aliphatic heterocycles. The van der Waals surface area contributed by atoms with Crippen LogP contribution in [0.25, 0.3) is 11.1 Å². The maximum Gasteiger partial charge on any atom is 0.429 e. The van der Waals surface area contributed by atoms with Crippen molar-refractivity contribution in [2.45, 2.75) is 44.5 Å². The second-order valence-corrected chi connectivity index (χ2v) is 13.3. The number of hydroxylamine groups is 1. The largest absolute Gasteiger partial charge is 0.465 e. The highest BCUT2D eigenvalue weighted by Crippen LogP contribution is 2.42. The van der Waals surface area contributed by atoms with Gasteiger partial charge in [0.2, 0.25) is 17.9 Å². The Balaban J connectivity index is 1.06. The van der Waals surface area contributed by atoms with Crippen molar-refractivity contribution < 1.29 is 41.8 Å². The molecule has 1 spiro atoms. The Hall–Kier alpha value is -4.51. The molecule has 0 aliphatic carbocycles. The molecule has 2 aromatic carbocycles. The zero-order valence-corrected chi connectivity index (χ0v) is 29.0. The van der Waals surface area contributed by atoms with E-state index in [9.17, 15) is 22.8 Å². The van der Waals surface area contributed by atoms with Crippen molar-refractivity contribution in [3.63, 3.8) is 0 Å². The Labute approximate surface area is 299 Å². The molecule has 3 saturated heterocycles. The first-order valence-electron chi connectivity index (χ1n) is 17.5. The minimum Gasteiger partial charge on any atom is -0.465 e. The third kappa shape index (κ3) is 9.28. The summed E-state index contributed by atoms with van der Waals surface area (Å²) in [4.78, 5) is 42.5. The molecule has 280 valence electrons. The normalized spacial score (nSPS) is 19.7. The molecule has 4 heterocycles. The number of nitrogens with zero attached hydrogens (tertiary/aromatic N) is 4. The number of morpholine rings is 1. The summed E-state index contributed by atoms with van der Waals surface area (Å²) in [7, 11) is 0. The molecule has 6 rings (SSSR count). The number of nitrogens with two attached hydrogens (primary N) is 1. The number of benzene rings is 2. The van der Waals surface area contributed by atoms with E-state index in [0.29, 0.717) is 81.5 Å². The molecule has 1 amide bonds. The van der Waals surface area contributed by atoms with Crippen LogP contribution in [0.3, 0.4) is 0 Å². The number of rotatable bonds is 12. The molecule has 1 aromatic heterocycles. The molecule has 0 unspecified atom stereocenters. The van der Waals surface area contributed by atoms with E-state index in [0.717, 1.165) is 25.9 Å². The molecule has 16 heteroatoms. The quantitative estimate of drug-likeness (QED) is 0.141. The van der Waals surface area contributed by atoms with E-state index < -0.39 is 18.2 Å². The number of piperidine rings is 1. The van der Waals surface area contributed by atoms with Gasteiger partial charge in [-0.25, -0.2) is 5.48 Å². The molecule has 3 aromatic rings. The zero-order chi connectivity index (χ0) is 36.7. The Kier molecular flexibility index (Phi) is 11.8. The van der Waals surface area contributed by atoms with E-state index in [1.54, 1.807) is 43.3 Å². The third-order valence-electron chi connectivity index (χ3n) is 9.79. The predicted octanol–water partition coefficient (Wildman–Crippen LogP) is 3.91. The van der Waals surface area contributed by atoms with E-state index in [4.69, 9.17) is 24.8 Å².